The number of rotatable bonds is 5. The van der Waals surface area contributed by atoms with E-state index in [9.17, 15) is 0 Å². The highest BCUT2D eigenvalue weighted by atomic mass is 32.1. The van der Waals surface area contributed by atoms with Crippen molar-refractivity contribution in [3.8, 4) is 56.4 Å². The lowest BCUT2D eigenvalue weighted by atomic mass is 9.92. The second-order valence-electron chi connectivity index (χ2n) is 16.7. The topological polar surface area (TPSA) is 65.0 Å². The van der Waals surface area contributed by atoms with Gasteiger partial charge in [-0.25, -0.2) is 15.0 Å². The molecule has 0 spiro atoms. The van der Waals surface area contributed by atoms with Crippen LogP contribution in [-0.4, -0.2) is 15.0 Å². The number of hydrogen-bond acceptors (Lipinski definition) is 6. The van der Waals surface area contributed by atoms with Gasteiger partial charge in [0.25, 0.3) is 0 Å². The SMILES string of the molecule is c1ccc2cc(-c3nc(-c4ccc5c(c4)oc4ccccc45)nc(-c4ccc(-c5cccc6oc7c(-c8ccc9c(c8)sc8ccccc89)cccc7c56)c5ccccc45)n3)ccc2c1. The first-order chi connectivity index (χ1) is 32.2. The maximum Gasteiger partial charge on any atom is 0.164 e. The number of fused-ring (bicyclic) bond motifs is 11. The average Bonchev–Trinajstić information content (AvgIpc) is 4.06. The van der Waals surface area contributed by atoms with Gasteiger partial charge in [0, 0.05) is 64.0 Å². The Kier molecular flexibility index (Phi) is 7.79. The van der Waals surface area contributed by atoms with Crippen molar-refractivity contribution in [1.82, 2.24) is 15.0 Å². The molecule has 0 atom stereocenters. The molecule has 0 fully saturated rings. The van der Waals surface area contributed by atoms with Gasteiger partial charge in [-0.1, -0.05) is 152 Å². The lowest BCUT2D eigenvalue weighted by molar-refractivity contribution is 0.669. The third kappa shape index (κ3) is 5.67. The summed E-state index contributed by atoms with van der Waals surface area (Å²) in [5.74, 6) is 1.77. The minimum Gasteiger partial charge on any atom is -0.456 e. The normalized spacial score (nSPS) is 12.0. The molecule has 5 nitrogen and oxygen atoms in total. The number of aromatic nitrogens is 3. The van der Waals surface area contributed by atoms with E-state index in [4.69, 9.17) is 23.8 Å². The number of hydrogen-bond donors (Lipinski definition) is 0. The molecule has 0 aliphatic rings. The molecule has 0 aliphatic heterocycles. The fourth-order valence-corrected chi connectivity index (χ4v) is 11.0. The van der Waals surface area contributed by atoms with E-state index >= 15 is 0 Å². The van der Waals surface area contributed by atoms with Gasteiger partial charge in [-0.15, -0.1) is 11.3 Å². The lowest BCUT2D eigenvalue weighted by Gasteiger charge is -2.14. The maximum atomic E-state index is 6.83. The largest absolute Gasteiger partial charge is 0.456 e. The van der Waals surface area contributed by atoms with Crippen molar-refractivity contribution in [2.45, 2.75) is 0 Å². The van der Waals surface area contributed by atoms with Crippen LogP contribution in [0.2, 0.25) is 0 Å². The van der Waals surface area contributed by atoms with Gasteiger partial charge in [0.2, 0.25) is 0 Å². The minimum atomic E-state index is 0.575. The van der Waals surface area contributed by atoms with Crippen LogP contribution < -0.4 is 0 Å². The molecule has 65 heavy (non-hydrogen) atoms. The highest BCUT2D eigenvalue weighted by molar-refractivity contribution is 7.25. The molecule has 0 amide bonds. The van der Waals surface area contributed by atoms with Crippen LogP contribution in [0.4, 0.5) is 0 Å². The molecule has 0 aliphatic carbocycles. The van der Waals surface area contributed by atoms with Crippen molar-refractivity contribution in [3.63, 3.8) is 0 Å². The van der Waals surface area contributed by atoms with Crippen LogP contribution in [-0.2, 0) is 0 Å². The minimum absolute atomic E-state index is 0.575. The molecular formula is C59H33N3O2S. The van der Waals surface area contributed by atoms with Crippen LogP contribution >= 0.6 is 11.3 Å². The molecule has 4 aromatic heterocycles. The van der Waals surface area contributed by atoms with Crippen molar-refractivity contribution < 1.29 is 8.83 Å². The zero-order valence-corrected chi connectivity index (χ0v) is 35.4. The first kappa shape index (κ1) is 36.1. The van der Waals surface area contributed by atoms with Crippen molar-refractivity contribution in [3.05, 3.63) is 200 Å². The van der Waals surface area contributed by atoms with Gasteiger partial charge in [-0.2, -0.15) is 0 Å². The summed E-state index contributed by atoms with van der Waals surface area (Å²) in [5, 5.41) is 11.3. The molecule has 10 aromatic carbocycles. The lowest BCUT2D eigenvalue weighted by Crippen LogP contribution is -2.01. The Balaban J connectivity index is 0.937. The predicted molar refractivity (Wildman–Crippen MR) is 269 cm³/mol. The fraction of sp³-hybridized carbons (Fsp3) is 0. The smallest absolute Gasteiger partial charge is 0.164 e. The van der Waals surface area contributed by atoms with Gasteiger partial charge in [0.05, 0.1) is 0 Å². The first-order valence-corrected chi connectivity index (χ1v) is 22.6. The Morgan fingerprint density at radius 1 is 0.308 bits per heavy atom. The zero-order valence-electron chi connectivity index (χ0n) is 34.6. The molecule has 0 saturated heterocycles. The Hall–Kier alpha value is -8.45. The summed E-state index contributed by atoms with van der Waals surface area (Å²) < 4.78 is 15.7. The summed E-state index contributed by atoms with van der Waals surface area (Å²) in [4.78, 5) is 15.6. The summed E-state index contributed by atoms with van der Waals surface area (Å²) in [6.07, 6.45) is 0. The van der Waals surface area contributed by atoms with E-state index in [1.807, 2.05) is 35.6 Å². The number of thiophene rings is 1. The molecule has 6 heteroatoms. The van der Waals surface area contributed by atoms with Crippen molar-refractivity contribution in [2.24, 2.45) is 0 Å². The van der Waals surface area contributed by atoms with Crippen LogP contribution in [0, 0.1) is 0 Å². The van der Waals surface area contributed by atoms with Gasteiger partial charge in [-0.05, 0) is 86.8 Å². The Bertz CT molecular complexity index is 4270. The molecule has 0 radical (unpaired) electrons. The highest BCUT2D eigenvalue weighted by Gasteiger charge is 2.21. The summed E-state index contributed by atoms with van der Waals surface area (Å²) in [6.45, 7) is 0. The second-order valence-corrected chi connectivity index (χ2v) is 17.7. The third-order valence-corrected chi connectivity index (χ3v) is 14.1. The van der Waals surface area contributed by atoms with Gasteiger partial charge in [0.1, 0.15) is 22.3 Å². The van der Waals surface area contributed by atoms with E-state index in [0.29, 0.717) is 17.5 Å². The zero-order chi connectivity index (χ0) is 42.6. The number of nitrogens with zero attached hydrogens (tertiary/aromatic N) is 3. The van der Waals surface area contributed by atoms with Gasteiger partial charge in [-0.3, -0.25) is 0 Å². The Labute approximate surface area is 375 Å². The van der Waals surface area contributed by atoms with Crippen LogP contribution in [0.15, 0.2) is 209 Å². The van der Waals surface area contributed by atoms with E-state index in [0.717, 1.165) is 104 Å². The molecule has 14 rings (SSSR count). The number of furan rings is 2. The van der Waals surface area contributed by atoms with E-state index in [1.54, 1.807) is 0 Å². The van der Waals surface area contributed by atoms with Crippen LogP contribution in [0.1, 0.15) is 0 Å². The first-order valence-electron chi connectivity index (χ1n) is 21.7. The van der Waals surface area contributed by atoms with Crippen molar-refractivity contribution in [2.75, 3.05) is 0 Å². The van der Waals surface area contributed by atoms with Crippen molar-refractivity contribution in [1.29, 1.82) is 0 Å². The quantitative estimate of drug-likeness (QED) is 0.173. The molecule has 0 saturated carbocycles. The average molecular weight is 848 g/mol. The summed E-state index contributed by atoms with van der Waals surface area (Å²) >= 11 is 1.83. The predicted octanol–water partition coefficient (Wildman–Crippen LogP) is 16.7. The summed E-state index contributed by atoms with van der Waals surface area (Å²) in [7, 11) is 0. The summed E-state index contributed by atoms with van der Waals surface area (Å²) in [6, 6.07) is 70.4. The molecule has 0 bridgehead atoms. The van der Waals surface area contributed by atoms with Crippen molar-refractivity contribution >= 4 is 96.9 Å². The third-order valence-electron chi connectivity index (χ3n) is 12.9. The van der Waals surface area contributed by atoms with Crippen LogP contribution in [0.25, 0.3) is 142 Å². The van der Waals surface area contributed by atoms with E-state index in [1.165, 1.54) is 20.2 Å². The molecule has 14 aromatic rings. The van der Waals surface area contributed by atoms with Crippen LogP contribution in [0.5, 0.6) is 0 Å². The molecule has 0 unspecified atom stereocenters. The monoisotopic (exact) mass is 847 g/mol. The molecule has 302 valence electrons. The van der Waals surface area contributed by atoms with Crippen LogP contribution in [0.3, 0.4) is 0 Å². The summed E-state index contributed by atoms with van der Waals surface area (Å²) in [5.41, 5.74) is 10.5. The van der Waals surface area contributed by atoms with Gasteiger partial charge in [0.15, 0.2) is 17.5 Å². The number of para-hydroxylation sites is 2. The molecular weight excluding hydrogens is 815 g/mol. The maximum absolute atomic E-state index is 6.83. The molecule has 0 N–H and O–H groups in total. The standard InChI is InChI=1S/C59H33N3O2S/c1-2-12-35-31-37(24-23-34(35)11-1)57-60-58(38-26-27-44-43-15-5-7-20-50(43)63-52(44)32-38)62-59(61-57)48-30-29-42(40-13-3-4-14-41(40)48)47-18-10-21-51-55(47)49-19-9-17-39(56(49)64-51)36-25-28-46-45-16-6-8-22-53(45)65-54(46)33-36/h1-33H. The molecule has 4 heterocycles. The highest BCUT2D eigenvalue weighted by Crippen LogP contribution is 2.45. The number of benzene rings is 10. The van der Waals surface area contributed by atoms with Gasteiger partial charge < -0.3 is 8.83 Å². The van der Waals surface area contributed by atoms with E-state index < -0.39 is 0 Å². The van der Waals surface area contributed by atoms with E-state index in [-0.39, 0.29) is 0 Å². The Morgan fingerprint density at radius 3 is 1.80 bits per heavy atom. The fourth-order valence-electron chi connectivity index (χ4n) is 9.87. The second kappa shape index (κ2) is 14.0. The van der Waals surface area contributed by atoms with E-state index in [2.05, 4.69) is 176 Å². The Morgan fingerprint density at radius 2 is 0.908 bits per heavy atom. The van der Waals surface area contributed by atoms with Gasteiger partial charge >= 0.3 is 0 Å².